The molecule has 0 bridgehead atoms. The number of aliphatic hydroxyl groups excluding tert-OH is 1. The first kappa shape index (κ1) is 27.2. The number of rotatable bonds is 13. The van der Waals surface area contributed by atoms with Gasteiger partial charge in [0, 0.05) is 24.9 Å². The van der Waals surface area contributed by atoms with Gasteiger partial charge in [-0.2, -0.15) is 5.26 Å². The van der Waals surface area contributed by atoms with Crippen LogP contribution in [0.15, 0.2) is 41.3 Å². The van der Waals surface area contributed by atoms with Crippen LogP contribution in [-0.4, -0.2) is 64.9 Å². The SMILES string of the molecule is CCC1CCCCN1c1ccc2cc(/C=C(\C#N)S(=O)(=O)CCCOCCOCCO)ccc2c1. The molecule has 0 aliphatic carbocycles. The molecule has 0 amide bonds. The van der Waals surface area contributed by atoms with Crippen LogP contribution in [-0.2, 0) is 19.3 Å². The number of anilines is 1. The molecule has 1 unspecified atom stereocenters. The van der Waals surface area contributed by atoms with Crippen molar-refractivity contribution in [2.75, 3.05) is 50.2 Å². The van der Waals surface area contributed by atoms with E-state index in [2.05, 4.69) is 30.0 Å². The highest BCUT2D eigenvalue weighted by atomic mass is 32.2. The van der Waals surface area contributed by atoms with Gasteiger partial charge in [0.1, 0.15) is 11.0 Å². The highest BCUT2D eigenvalue weighted by Gasteiger charge is 2.21. The lowest BCUT2D eigenvalue weighted by molar-refractivity contribution is 0.0335. The van der Waals surface area contributed by atoms with Crippen molar-refractivity contribution in [2.24, 2.45) is 0 Å². The first-order valence-electron chi connectivity index (χ1n) is 12.4. The van der Waals surface area contributed by atoms with E-state index in [1.54, 1.807) is 0 Å². The van der Waals surface area contributed by atoms with Crippen molar-refractivity contribution in [3.63, 3.8) is 0 Å². The van der Waals surface area contributed by atoms with Crippen molar-refractivity contribution >= 4 is 32.4 Å². The minimum atomic E-state index is -3.71. The summed E-state index contributed by atoms with van der Waals surface area (Å²) in [6.07, 6.45) is 6.61. The van der Waals surface area contributed by atoms with Gasteiger partial charge in [0.25, 0.3) is 0 Å². The normalized spacial score (nSPS) is 17.0. The molecule has 7 nitrogen and oxygen atoms in total. The Labute approximate surface area is 208 Å². The largest absolute Gasteiger partial charge is 0.394 e. The average molecular weight is 501 g/mol. The molecule has 2 aromatic carbocycles. The van der Waals surface area contributed by atoms with Crippen molar-refractivity contribution in [1.82, 2.24) is 0 Å². The minimum Gasteiger partial charge on any atom is -0.394 e. The maximum atomic E-state index is 12.7. The summed E-state index contributed by atoms with van der Waals surface area (Å²) in [5, 5.41) is 20.3. The summed E-state index contributed by atoms with van der Waals surface area (Å²) >= 11 is 0. The summed E-state index contributed by atoms with van der Waals surface area (Å²) in [5.74, 6) is -0.157. The fourth-order valence-corrected chi connectivity index (χ4v) is 5.65. The van der Waals surface area contributed by atoms with Crippen LogP contribution < -0.4 is 4.90 Å². The van der Waals surface area contributed by atoms with Gasteiger partial charge in [-0.15, -0.1) is 0 Å². The number of sulfone groups is 1. The molecule has 0 saturated carbocycles. The molecule has 0 spiro atoms. The first-order valence-corrected chi connectivity index (χ1v) is 14.0. The highest BCUT2D eigenvalue weighted by molar-refractivity contribution is 7.95. The second kappa shape index (κ2) is 13.6. The predicted molar refractivity (Wildman–Crippen MR) is 140 cm³/mol. The third-order valence-electron chi connectivity index (χ3n) is 6.33. The van der Waals surface area contributed by atoms with Gasteiger partial charge in [-0.25, -0.2) is 8.42 Å². The van der Waals surface area contributed by atoms with E-state index in [-0.39, 0.29) is 36.9 Å². The monoisotopic (exact) mass is 500 g/mol. The van der Waals surface area contributed by atoms with Crippen molar-refractivity contribution in [3.8, 4) is 6.07 Å². The summed E-state index contributed by atoms with van der Waals surface area (Å²) < 4.78 is 35.8. The second-order valence-electron chi connectivity index (χ2n) is 8.78. The Kier molecular flexibility index (Phi) is 10.5. The van der Waals surface area contributed by atoms with E-state index in [1.807, 2.05) is 24.3 Å². The summed E-state index contributed by atoms with van der Waals surface area (Å²) in [5.41, 5.74) is 1.92. The number of piperidine rings is 1. The van der Waals surface area contributed by atoms with Gasteiger partial charge in [0.05, 0.1) is 32.2 Å². The van der Waals surface area contributed by atoms with E-state index in [0.29, 0.717) is 24.8 Å². The number of nitriles is 1. The number of benzene rings is 2. The Morgan fingerprint density at radius 2 is 1.86 bits per heavy atom. The molecule has 0 aromatic heterocycles. The van der Waals surface area contributed by atoms with Crippen molar-refractivity contribution in [3.05, 3.63) is 46.9 Å². The van der Waals surface area contributed by atoms with E-state index in [4.69, 9.17) is 14.6 Å². The summed E-state index contributed by atoms with van der Waals surface area (Å²) in [6.45, 7) is 4.46. The number of allylic oxidation sites excluding steroid dienone is 1. The lowest BCUT2D eigenvalue weighted by Gasteiger charge is -2.37. The molecule has 8 heteroatoms. The van der Waals surface area contributed by atoms with E-state index >= 15 is 0 Å². The Morgan fingerprint density at radius 1 is 1.11 bits per heavy atom. The first-order chi connectivity index (χ1) is 17.0. The third-order valence-corrected chi connectivity index (χ3v) is 8.04. The Balaban J connectivity index is 1.65. The van der Waals surface area contributed by atoms with Crippen LogP contribution in [0.4, 0.5) is 5.69 Å². The molecule has 1 fully saturated rings. The number of aliphatic hydroxyl groups is 1. The van der Waals surface area contributed by atoms with Gasteiger partial charge in [0.2, 0.25) is 0 Å². The number of ether oxygens (including phenoxy) is 2. The van der Waals surface area contributed by atoms with Gasteiger partial charge in [0.15, 0.2) is 9.84 Å². The topological polar surface area (TPSA) is 99.9 Å². The fourth-order valence-electron chi connectivity index (χ4n) is 4.48. The lowest BCUT2D eigenvalue weighted by atomic mass is 9.98. The maximum Gasteiger partial charge on any atom is 0.188 e. The van der Waals surface area contributed by atoms with Crippen molar-refractivity contribution in [2.45, 2.75) is 45.1 Å². The molecule has 1 atom stereocenters. The Hall–Kier alpha value is -2.44. The summed E-state index contributed by atoms with van der Waals surface area (Å²) in [7, 11) is -3.71. The molecule has 1 aliphatic rings. The molecular weight excluding hydrogens is 464 g/mol. The zero-order valence-corrected chi connectivity index (χ0v) is 21.3. The van der Waals surface area contributed by atoms with Crippen LogP contribution in [0.5, 0.6) is 0 Å². The van der Waals surface area contributed by atoms with Crippen LogP contribution in [0.25, 0.3) is 16.8 Å². The van der Waals surface area contributed by atoms with E-state index < -0.39 is 9.84 Å². The van der Waals surface area contributed by atoms with Crippen molar-refractivity contribution < 1.29 is 23.0 Å². The van der Waals surface area contributed by atoms with Crippen LogP contribution in [0.2, 0.25) is 0 Å². The molecule has 3 rings (SSSR count). The van der Waals surface area contributed by atoms with Crippen LogP contribution in [0, 0.1) is 11.3 Å². The zero-order valence-electron chi connectivity index (χ0n) is 20.5. The molecule has 35 heavy (non-hydrogen) atoms. The summed E-state index contributed by atoms with van der Waals surface area (Å²) in [4.78, 5) is 2.27. The zero-order chi connectivity index (χ0) is 25.1. The van der Waals surface area contributed by atoms with Crippen molar-refractivity contribution in [1.29, 1.82) is 5.26 Å². The third kappa shape index (κ3) is 7.77. The van der Waals surface area contributed by atoms with Gasteiger partial charge in [-0.05, 0) is 72.7 Å². The van der Waals surface area contributed by atoms with Crippen LogP contribution in [0.1, 0.15) is 44.6 Å². The Morgan fingerprint density at radius 3 is 2.60 bits per heavy atom. The molecule has 0 radical (unpaired) electrons. The average Bonchev–Trinajstić information content (AvgIpc) is 2.88. The lowest BCUT2D eigenvalue weighted by Crippen LogP contribution is -2.39. The van der Waals surface area contributed by atoms with Gasteiger partial charge >= 0.3 is 0 Å². The van der Waals surface area contributed by atoms with Crippen LogP contribution in [0.3, 0.4) is 0 Å². The Bertz CT molecular complexity index is 1140. The van der Waals surface area contributed by atoms with Gasteiger partial charge in [-0.1, -0.05) is 25.1 Å². The second-order valence-corrected chi connectivity index (χ2v) is 10.9. The highest BCUT2D eigenvalue weighted by Crippen LogP contribution is 2.30. The predicted octanol–water partition coefficient (Wildman–Crippen LogP) is 4.30. The summed E-state index contributed by atoms with van der Waals surface area (Å²) in [6, 6.07) is 14.6. The maximum absolute atomic E-state index is 12.7. The molecule has 1 saturated heterocycles. The number of fused-ring (bicyclic) bond motifs is 1. The number of hydrogen-bond acceptors (Lipinski definition) is 7. The molecule has 190 valence electrons. The minimum absolute atomic E-state index is 0.0439. The van der Waals surface area contributed by atoms with E-state index in [9.17, 15) is 13.7 Å². The number of hydrogen-bond donors (Lipinski definition) is 1. The fraction of sp³-hybridized carbons (Fsp3) is 0.519. The molecule has 1 heterocycles. The molecular formula is C27H36N2O5S. The molecule has 1 N–H and O–H groups in total. The van der Waals surface area contributed by atoms with E-state index in [0.717, 1.165) is 23.7 Å². The van der Waals surface area contributed by atoms with E-state index in [1.165, 1.54) is 31.0 Å². The molecule has 1 aliphatic heterocycles. The number of nitrogens with zero attached hydrogens (tertiary/aromatic N) is 2. The van der Waals surface area contributed by atoms with Gasteiger partial charge in [-0.3, -0.25) is 0 Å². The quantitative estimate of drug-likeness (QED) is 0.323. The standard InChI is InChI=1S/C27H36N2O5S/c1-2-25-6-3-4-11-29(25)26-10-9-23-18-22(7-8-24(23)20-26)19-27(21-28)35(31,32)17-5-13-33-15-16-34-14-12-30/h7-10,18-20,25,30H,2-6,11-17H2,1H3/b27-19+. The van der Waals surface area contributed by atoms with Crippen LogP contribution >= 0.6 is 0 Å². The van der Waals surface area contributed by atoms with Gasteiger partial charge < -0.3 is 19.5 Å². The molecule has 2 aromatic rings. The smallest absolute Gasteiger partial charge is 0.188 e.